The fourth-order valence-electron chi connectivity index (χ4n) is 1.43. The fraction of sp³-hybridized carbons (Fsp3) is 0.0833. The molecule has 0 amide bonds. The molecular formula is C12H8Br2OS. The molecule has 0 spiro atoms. The Morgan fingerprint density at radius 2 is 1.94 bits per heavy atom. The second-order valence-corrected chi connectivity index (χ2v) is 5.90. The number of hydrogen-bond donors (Lipinski definition) is 0. The molecule has 0 saturated heterocycles. The maximum atomic E-state index is 12.3. The van der Waals surface area contributed by atoms with Crippen LogP contribution in [0.15, 0.2) is 38.6 Å². The van der Waals surface area contributed by atoms with Gasteiger partial charge in [0.2, 0.25) is 5.78 Å². The molecule has 82 valence electrons. The molecule has 0 bridgehead atoms. The van der Waals surface area contributed by atoms with Crippen molar-refractivity contribution >= 4 is 49.0 Å². The van der Waals surface area contributed by atoms with Gasteiger partial charge in [0.15, 0.2) is 0 Å². The van der Waals surface area contributed by atoms with Crippen molar-refractivity contribution in [3.05, 3.63) is 54.6 Å². The normalized spacial score (nSPS) is 10.4. The summed E-state index contributed by atoms with van der Waals surface area (Å²) in [5, 5.41) is 1.91. The first kappa shape index (κ1) is 12.0. The van der Waals surface area contributed by atoms with Gasteiger partial charge >= 0.3 is 0 Å². The van der Waals surface area contributed by atoms with E-state index in [4.69, 9.17) is 0 Å². The summed E-state index contributed by atoms with van der Waals surface area (Å²) >= 11 is 8.25. The number of carbonyl (C=O) groups is 1. The molecule has 0 fully saturated rings. The SMILES string of the molecule is Cc1ccccc1C(=O)c1scc(Br)c1Br. The number of hydrogen-bond acceptors (Lipinski definition) is 2. The van der Waals surface area contributed by atoms with Crippen molar-refractivity contribution in [3.63, 3.8) is 0 Å². The molecule has 0 aliphatic rings. The zero-order valence-corrected chi connectivity index (χ0v) is 12.4. The zero-order chi connectivity index (χ0) is 11.7. The second kappa shape index (κ2) is 4.82. The number of thiophene rings is 1. The first-order chi connectivity index (χ1) is 7.61. The van der Waals surface area contributed by atoms with E-state index in [-0.39, 0.29) is 5.78 Å². The van der Waals surface area contributed by atoms with Gasteiger partial charge in [0.05, 0.1) is 9.35 Å². The molecule has 1 nitrogen and oxygen atoms in total. The van der Waals surface area contributed by atoms with Gasteiger partial charge in [-0.15, -0.1) is 11.3 Å². The lowest BCUT2D eigenvalue weighted by atomic mass is 10.0. The van der Waals surface area contributed by atoms with Crippen molar-refractivity contribution in [2.75, 3.05) is 0 Å². The molecule has 16 heavy (non-hydrogen) atoms. The summed E-state index contributed by atoms with van der Waals surface area (Å²) in [7, 11) is 0. The van der Waals surface area contributed by atoms with Crippen LogP contribution in [0.1, 0.15) is 20.8 Å². The standard InChI is InChI=1S/C12H8Br2OS/c1-7-4-2-3-5-8(7)11(15)12-10(14)9(13)6-16-12/h2-6H,1H3. The molecule has 2 rings (SSSR count). The third-order valence-corrected chi connectivity index (χ3v) is 5.81. The number of halogens is 2. The lowest BCUT2D eigenvalue weighted by Crippen LogP contribution is -2.01. The van der Waals surface area contributed by atoms with Crippen molar-refractivity contribution in [2.24, 2.45) is 0 Å². The highest BCUT2D eigenvalue weighted by molar-refractivity contribution is 9.13. The second-order valence-electron chi connectivity index (χ2n) is 3.37. The molecule has 0 aliphatic heterocycles. The van der Waals surface area contributed by atoms with Crippen LogP contribution in [0.4, 0.5) is 0 Å². The Labute approximate surface area is 115 Å². The van der Waals surface area contributed by atoms with Crippen LogP contribution in [0.5, 0.6) is 0 Å². The van der Waals surface area contributed by atoms with Gasteiger partial charge < -0.3 is 0 Å². The summed E-state index contributed by atoms with van der Waals surface area (Å²) in [4.78, 5) is 13.0. The number of carbonyl (C=O) groups excluding carboxylic acids is 1. The minimum absolute atomic E-state index is 0.0701. The molecular weight excluding hydrogens is 352 g/mol. The minimum Gasteiger partial charge on any atom is -0.288 e. The molecule has 0 radical (unpaired) electrons. The third-order valence-electron chi connectivity index (χ3n) is 2.29. The van der Waals surface area contributed by atoms with Gasteiger partial charge in [0.25, 0.3) is 0 Å². The molecule has 0 saturated carbocycles. The lowest BCUT2D eigenvalue weighted by Gasteiger charge is -2.03. The van der Waals surface area contributed by atoms with Gasteiger partial charge in [0.1, 0.15) is 0 Å². The topological polar surface area (TPSA) is 17.1 Å². The van der Waals surface area contributed by atoms with Crippen LogP contribution in [-0.4, -0.2) is 5.78 Å². The highest BCUT2D eigenvalue weighted by atomic mass is 79.9. The molecule has 1 aromatic heterocycles. The van der Waals surface area contributed by atoms with Gasteiger partial charge in [0, 0.05) is 15.4 Å². The highest BCUT2D eigenvalue weighted by Crippen LogP contribution is 2.34. The number of ketones is 1. The molecule has 1 aromatic carbocycles. The molecule has 0 N–H and O–H groups in total. The Kier molecular flexibility index (Phi) is 3.62. The number of aryl methyl sites for hydroxylation is 1. The molecule has 2 aromatic rings. The van der Waals surface area contributed by atoms with E-state index in [1.807, 2.05) is 36.6 Å². The average Bonchev–Trinajstić information content (AvgIpc) is 2.60. The Morgan fingerprint density at radius 1 is 1.25 bits per heavy atom. The van der Waals surface area contributed by atoms with E-state index in [0.717, 1.165) is 24.9 Å². The van der Waals surface area contributed by atoms with Gasteiger partial charge in [-0.3, -0.25) is 4.79 Å². The van der Waals surface area contributed by atoms with Crippen molar-refractivity contribution in [2.45, 2.75) is 6.92 Å². The van der Waals surface area contributed by atoms with E-state index in [1.165, 1.54) is 11.3 Å². The van der Waals surface area contributed by atoms with E-state index >= 15 is 0 Å². The summed E-state index contributed by atoms with van der Waals surface area (Å²) < 4.78 is 1.76. The molecule has 0 aliphatic carbocycles. The Bertz CT molecular complexity index is 546. The van der Waals surface area contributed by atoms with Crippen molar-refractivity contribution < 1.29 is 4.79 Å². The molecule has 0 atom stereocenters. The van der Waals surface area contributed by atoms with Crippen LogP contribution in [0, 0.1) is 6.92 Å². The molecule has 4 heteroatoms. The first-order valence-corrected chi connectivity index (χ1v) is 7.10. The monoisotopic (exact) mass is 358 g/mol. The van der Waals surface area contributed by atoms with E-state index in [2.05, 4.69) is 31.9 Å². The van der Waals surface area contributed by atoms with Crippen molar-refractivity contribution in [3.8, 4) is 0 Å². The fourth-order valence-corrected chi connectivity index (χ4v) is 3.53. The minimum atomic E-state index is 0.0701. The number of benzene rings is 1. The van der Waals surface area contributed by atoms with Crippen LogP contribution in [-0.2, 0) is 0 Å². The quantitative estimate of drug-likeness (QED) is 0.703. The van der Waals surface area contributed by atoms with Crippen LogP contribution < -0.4 is 0 Å². The summed E-state index contributed by atoms with van der Waals surface area (Å²) in [6, 6.07) is 7.63. The predicted molar refractivity (Wildman–Crippen MR) is 74.3 cm³/mol. The third kappa shape index (κ3) is 2.14. The van der Waals surface area contributed by atoms with Crippen molar-refractivity contribution in [1.82, 2.24) is 0 Å². The van der Waals surface area contributed by atoms with Gasteiger partial charge in [-0.25, -0.2) is 0 Å². The highest BCUT2D eigenvalue weighted by Gasteiger charge is 2.17. The van der Waals surface area contributed by atoms with Gasteiger partial charge in [-0.2, -0.15) is 0 Å². The first-order valence-electron chi connectivity index (χ1n) is 4.64. The maximum Gasteiger partial charge on any atom is 0.204 e. The maximum absolute atomic E-state index is 12.3. The molecule has 0 unspecified atom stereocenters. The largest absolute Gasteiger partial charge is 0.288 e. The summed E-state index contributed by atoms with van der Waals surface area (Å²) in [6.07, 6.45) is 0. The molecule has 1 heterocycles. The van der Waals surface area contributed by atoms with Crippen LogP contribution >= 0.6 is 43.2 Å². The Hall–Kier alpha value is -0.450. The summed E-state index contributed by atoms with van der Waals surface area (Å²) in [6.45, 7) is 1.95. The van der Waals surface area contributed by atoms with Crippen LogP contribution in [0.25, 0.3) is 0 Å². The lowest BCUT2D eigenvalue weighted by molar-refractivity contribution is 0.104. The summed E-state index contributed by atoms with van der Waals surface area (Å²) in [5.74, 6) is 0.0701. The van der Waals surface area contributed by atoms with Gasteiger partial charge in [-0.05, 0) is 44.3 Å². The predicted octanol–water partition coefficient (Wildman–Crippen LogP) is 4.81. The van der Waals surface area contributed by atoms with E-state index in [9.17, 15) is 4.79 Å². The van der Waals surface area contributed by atoms with E-state index in [1.54, 1.807) is 0 Å². The Morgan fingerprint density at radius 3 is 2.50 bits per heavy atom. The van der Waals surface area contributed by atoms with Crippen LogP contribution in [0.3, 0.4) is 0 Å². The van der Waals surface area contributed by atoms with Crippen LogP contribution in [0.2, 0.25) is 0 Å². The number of rotatable bonds is 2. The summed E-state index contributed by atoms with van der Waals surface area (Å²) in [5.41, 5.74) is 1.77. The zero-order valence-electron chi connectivity index (χ0n) is 8.46. The van der Waals surface area contributed by atoms with E-state index in [0.29, 0.717) is 0 Å². The smallest absolute Gasteiger partial charge is 0.204 e. The van der Waals surface area contributed by atoms with Gasteiger partial charge in [-0.1, -0.05) is 24.3 Å². The van der Waals surface area contributed by atoms with E-state index < -0.39 is 0 Å². The Balaban J connectivity index is 2.48. The van der Waals surface area contributed by atoms with Crippen molar-refractivity contribution in [1.29, 1.82) is 0 Å². The average molecular weight is 360 g/mol.